The smallest absolute Gasteiger partial charge is 0.252 e. The molecule has 136 valence electrons. The highest BCUT2D eigenvalue weighted by Crippen LogP contribution is 2.24. The van der Waals surface area contributed by atoms with Gasteiger partial charge in [0.25, 0.3) is 5.91 Å². The van der Waals surface area contributed by atoms with Crippen LogP contribution in [0.5, 0.6) is 0 Å². The number of carbonyl (C=O) groups excluding carboxylic acids is 1. The lowest BCUT2D eigenvalue weighted by molar-refractivity contribution is 0.0944. The Balaban J connectivity index is 1.87. The molecule has 0 aliphatic rings. The molecule has 3 aromatic rings. The maximum absolute atomic E-state index is 13.0. The fourth-order valence-electron chi connectivity index (χ4n) is 2.98. The molecule has 0 radical (unpaired) electrons. The zero-order valence-corrected chi connectivity index (χ0v) is 16.5. The predicted octanol–water partition coefficient (Wildman–Crippen LogP) is 4.45. The van der Waals surface area contributed by atoms with E-state index in [0.29, 0.717) is 12.1 Å². The van der Waals surface area contributed by atoms with Crippen molar-refractivity contribution in [3.8, 4) is 0 Å². The molecule has 0 saturated heterocycles. The summed E-state index contributed by atoms with van der Waals surface area (Å²) in [6, 6.07) is 14.1. The first kappa shape index (κ1) is 18.5. The number of amides is 1. The minimum Gasteiger partial charge on any atom is -0.350 e. The molecule has 1 amide bonds. The SMILES string of the molecule is CC(C)c1cc(C(=O)NCC(c2cccs2)N(C)C)c2ccccc2n1. The van der Waals surface area contributed by atoms with Crippen LogP contribution in [-0.4, -0.2) is 36.4 Å². The first-order valence-corrected chi connectivity index (χ1v) is 9.73. The van der Waals surface area contributed by atoms with Crippen molar-refractivity contribution >= 4 is 28.1 Å². The van der Waals surface area contributed by atoms with Crippen LogP contribution in [0, 0.1) is 0 Å². The zero-order chi connectivity index (χ0) is 18.7. The summed E-state index contributed by atoms with van der Waals surface area (Å²) >= 11 is 1.71. The summed E-state index contributed by atoms with van der Waals surface area (Å²) in [7, 11) is 4.07. The molecule has 0 saturated carbocycles. The second-order valence-electron chi connectivity index (χ2n) is 6.97. The maximum atomic E-state index is 13.0. The van der Waals surface area contributed by atoms with E-state index in [1.54, 1.807) is 11.3 Å². The molecule has 3 rings (SSSR count). The topological polar surface area (TPSA) is 45.2 Å². The number of aromatic nitrogens is 1. The third kappa shape index (κ3) is 3.94. The van der Waals surface area contributed by atoms with Gasteiger partial charge in [-0.05, 0) is 43.6 Å². The summed E-state index contributed by atoms with van der Waals surface area (Å²) in [5, 5.41) is 6.09. The highest BCUT2D eigenvalue weighted by Gasteiger charge is 2.19. The molecule has 0 bridgehead atoms. The number of hydrogen-bond donors (Lipinski definition) is 1. The summed E-state index contributed by atoms with van der Waals surface area (Å²) in [4.78, 5) is 21.1. The van der Waals surface area contributed by atoms with Gasteiger partial charge in [-0.15, -0.1) is 11.3 Å². The summed E-state index contributed by atoms with van der Waals surface area (Å²) < 4.78 is 0. The Morgan fingerprint density at radius 1 is 1.19 bits per heavy atom. The van der Waals surface area contributed by atoms with Gasteiger partial charge in [-0.2, -0.15) is 0 Å². The van der Waals surface area contributed by atoms with Crippen LogP contribution in [0.2, 0.25) is 0 Å². The second-order valence-corrected chi connectivity index (χ2v) is 7.95. The van der Waals surface area contributed by atoms with E-state index in [1.165, 1.54) is 4.88 Å². The van der Waals surface area contributed by atoms with Gasteiger partial charge in [0.1, 0.15) is 0 Å². The Morgan fingerprint density at radius 3 is 2.62 bits per heavy atom. The number of fused-ring (bicyclic) bond motifs is 1. The van der Waals surface area contributed by atoms with Gasteiger partial charge in [-0.25, -0.2) is 0 Å². The van der Waals surface area contributed by atoms with Gasteiger partial charge in [0, 0.05) is 22.5 Å². The summed E-state index contributed by atoms with van der Waals surface area (Å²) in [5.74, 6) is 0.223. The summed E-state index contributed by atoms with van der Waals surface area (Å²) in [6.45, 7) is 4.76. The Hall–Kier alpha value is -2.24. The van der Waals surface area contributed by atoms with E-state index in [1.807, 2.05) is 50.5 Å². The van der Waals surface area contributed by atoms with Gasteiger partial charge in [-0.1, -0.05) is 38.1 Å². The average Bonchev–Trinajstić information content (AvgIpc) is 3.14. The number of rotatable bonds is 6. The first-order valence-electron chi connectivity index (χ1n) is 8.85. The minimum absolute atomic E-state index is 0.0473. The van der Waals surface area contributed by atoms with E-state index < -0.39 is 0 Å². The third-order valence-corrected chi connectivity index (χ3v) is 5.50. The fourth-order valence-corrected chi connectivity index (χ4v) is 3.91. The van der Waals surface area contributed by atoms with Crippen molar-refractivity contribution < 1.29 is 4.79 Å². The van der Waals surface area contributed by atoms with E-state index in [2.05, 4.69) is 35.5 Å². The van der Waals surface area contributed by atoms with Crippen molar-refractivity contribution in [3.63, 3.8) is 0 Å². The Bertz CT molecular complexity index is 887. The van der Waals surface area contributed by atoms with Crippen LogP contribution in [0.15, 0.2) is 47.8 Å². The number of likely N-dealkylation sites (N-methyl/N-ethyl adjacent to an activating group) is 1. The molecule has 2 aromatic heterocycles. The molecule has 2 heterocycles. The Morgan fingerprint density at radius 2 is 1.96 bits per heavy atom. The molecule has 0 aliphatic heterocycles. The monoisotopic (exact) mass is 367 g/mol. The van der Waals surface area contributed by atoms with Crippen LogP contribution >= 0.6 is 11.3 Å². The van der Waals surface area contributed by atoms with Crippen LogP contribution in [0.3, 0.4) is 0 Å². The number of nitrogens with zero attached hydrogens (tertiary/aromatic N) is 2. The first-order chi connectivity index (χ1) is 12.5. The van der Waals surface area contributed by atoms with Crippen molar-refractivity contribution in [2.45, 2.75) is 25.8 Å². The molecule has 0 fully saturated rings. The van der Waals surface area contributed by atoms with Crippen molar-refractivity contribution in [3.05, 3.63) is 64.0 Å². The van der Waals surface area contributed by atoms with Crippen molar-refractivity contribution in [2.75, 3.05) is 20.6 Å². The lowest BCUT2D eigenvalue weighted by atomic mass is 10.0. The van der Waals surface area contributed by atoms with Crippen molar-refractivity contribution in [2.24, 2.45) is 0 Å². The molecule has 4 nitrogen and oxygen atoms in total. The minimum atomic E-state index is -0.0473. The molecule has 1 N–H and O–H groups in total. The molecule has 1 atom stereocenters. The molecule has 5 heteroatoms. The van der Waals surface area contributed by atoms with Gasteiger partial charge in [0.15, 0.2) is 0 Å². The number of nitrogens with one attached hydrogen (secondary N) is 1. The standard InChI is InChI=1S/C21H25N3OS/c1-14(2)18-12-16(15-8-5-6-9-17(15)23-18)21(25)22-13-19(24(3)4)20-10-7-11-26-20/h5-12,14,19H,13H2,1-4H3,(H,22,25). The summed E-state index contributed by atoms with van der Waals surface area (Å²) in [5.41, 5.74) is 2.51. The highest BCUT2D eigenvalue weighted by atomic mass is 32.1. The van der Waals surface area contributed by atoms with Gasteiger partial charge in [-0.3, -0.25) is 9.78 Å². The highest BCUT2D eigenvalue weighted by molar-refractivity contribution is 7.10. The molecular formula is C21H25N3OS. The molecule has 0 aliphatic carbocycles. The van der Waals surface area contributed by atoms with Crippen LogP contribution in [-0.2, 0) is 0 Å². The van der Waals surface area contributed by atoms with Crippen LogP contribution in [0.25, 0.3) is 10.9 Å². The molecule has 1 aromatic carbocycles. The number of carbonyl (C=O) groups is 1. The lowest BCUT2D eigenvalue weighted by Crippen LogP contribution is -2.34. The third-order valence-electron chi connectivity index (χ3n) is 4.52. The Kier molecular flexibility index (Phi) is 5.69. The molecule has 26 heavy (non-hydrogen) atoms. The normalized spacial score (nSPS) is 12.7. The second kappa shape index (κ2) is 7.98. The lowest BCUT2D eigenvalue weighted by Gasteiger charge is -2.23. The molecule has 0 spiro atoms. The molecule has 1 unspecified atom stereocenters. The van der Waals surface area contributed by atoms with E-state index in [4.69, 9.17) is 4.98 Å². The average molecular weight is 368 g/mol. The number of para-hydroxylation sites is 1. The van der Waals surface area contributed by atoms with Gasteiger partial charge in [0.05, 0.1) is 17.1 Å². The summed E-state index contributed by atoms with van der Waals surface area (Å²) in [6.07, 6.45) is 0. The number of pyridine rings is 1. The maximum Gasteiger partial charge on any atom is 0.252 e. The van der Waals surface area contributed by atoms with Gasteiger partial charge in [0.2, 0.25) is 0 Å². The van der Waals surface area contributed by atoms with Crippen LogP contribution in [0.4, 0.5) is 0 Å². The quantitative estimate of drug-likeness (QED) is 0.700. The van der Waals surface area contributed by atoms with E-state index in [0.717, 1.165) is 16.6 Å². The van der Waals surface area contributed by atoms with E-state index in [-0.39, 0.29) is 17.9 Å². The Labute approximate surface area is 158 Å². The van der Waals surface area contributed by atoms with Gasteiger partial charge >= 0.3 is 0 Å². The van der Waals surface area contributed by atoms with Crippen LogP contribution < -0.4 is 5.32 Å². The van der Waals surface area contributed by atoms with E-state index >= 15 is 0 Å². The van der Waals surface area contributed by atoms with E-state index in [9.17, 15) is 4.79 Å². The number of thiophene rings is 1. The zero-order valence-electron chi connectivity index (χ0n) is 15.7. The van der Waals surface area contributed by atoms with Crippen LogP contribution in [0.1, 0.15) is 46.7 Å². The fraction of sp³-hybridized carbons (Fsp3) is 0.333. The largest absolute Gasteiger partial charge is 0.350 e. The van der Waals surface area contributed by atoms with Crippen molar-refractivity contribution in [1.82, 2.24) is 15.2 Å². The van der Waals surface area contributed by atoms with Crippen molar-refractivity contribution in [1.29, 1.82) is 0 Å². The predicted molar refractivity (Wildman–Crippen MR) is 109 cm³/mol. The van der Waals surface area contributed by atoms with Gasteiger partial charge < -0.3 is 10.2 Å². The number of hydrogen-bond acceptors (Lipinski definition) is 4. The number of benzene rings is 1. The molecular weight excluding hydrogens is 342 g/mol.